The van der Waals surface area contributed by atoms with Crippen LogP contribution in [0.5, 0.6) is 0 Å². The van der Waals surface area contributed by atoms with Crippen LogP contribution in [0, 0.1) is 0 Å². The third kappa shape index (κ3) is 4.60. The number of aromatic nitrogens is 3. The smallest absolute Gasteiger partial charge is 0.237 e. The van der Waals surface area contributed by atoms with Crippen LogP contribution in [-0.4, -0.2) is 34.4 Å². The van der Waals surface area contributed by atoms with Crippen molar-refractivity contribution < 1.29 is 13.6 Å². The summed E-state index contributed by atoms with van der Waals surface area (Å²) in [5, 5.41) is 11.1. The Labute approximate surface area is 141 Å². The molecule has 1 aromatic heterocycles. The van der Waals surface area contributed by atoms with Crippen molar-refractivity contribution in [3.05, 3.63) is 46.7 Å². The number of carbonyl (C=O) groups excluding carboxylic acids is 1. The molecule has 1 aromatic carbocycles. The van der Waals surface area contributed by atoms with Gasteiger partial charge in [-0.05, 0) is 42.6 Å². The molecular formula is C14H16ClN4O3S-. The number of benzene rings is 1. The Morgan fingerprint density at radius 1 is 1.39 bits per heavy atom. The summed E-state index contributed by atoms with van der Waals surface area (Å²) >= 11 is 3.33. The molecule has 2 rings (SSSR count). The highest BCUT2D eigenvalue weighted by molar-refractivity contribution is 7.81. The summed E-state index contributed by atoms with van der Waals surface area (Å²) in [6.07, 6.45) is 1.69. The van der Waals surface area contributed by atoms with E-state index in [1.165, 1.54) is 13.8 Å². The molecule has 1 N–H and O–H groups in total. The molecule has 0 aliphatic heterocycles. The predicted molar refractivity (Wildman–Crippen MR) is 85.4 cm³/mol. The van der Waals surface area contributed by atoms with Gasteiger partial charge in [-0.2, -0.15) is 0 Å². The first-order valence-corrected chi connectivity index (χ1v) is 8.25. The van der Waals surface area contributed by atoms with Crippen LogP contribution in [0.3, 0.4) is 0 Å². The van der Waals surface area contributed by atoms with Gasteiger partial charge in [0.15, 0.2) is 0 Å². The van der Waals surface area contributed by atoms with Crippen molar-refractivity contribution in [1.29, 1.82) is 0 Å². The number of halogens is 1. The summed E-state index contributed by atoms with van der Waals surface area (Å²) < 4.78 is 22.1. The summed E-state index contributed by atoms with van der Waals surface area (Å²) in [7, 11) is 0. The molecule has 1 heterocycles. The minimum Gasteiger partial charge on any atom is -0.772 e. The highest BCUT2D eigenvalue weighted by Gasteiger charge is 2.28. The van der Waals surface area contributed by atoms with Crippen LogP contribution < -0.4 is 5.32 Å². The molecule has 0 fully saturated rings. The molecule has 1 unspecified atom stereocenters. The highest BCUT2D eigenvalue weighted by Crippen LogP contribution is 2.12. The van der Waals surface area contributed by atoms with E-state index < -0.39 is 21.7 Å². The SMILES string of the molecule is CC(C)(C(=O)NCc1cn(Cc2ccc(Cl)cc2)nn1)S(=O)[O-]. The number of hydrogen-bond donors (Lipinski definition) is 1. The first-order chi connectivity index (χ1) is 10.8. The molecule has 124 valence electrons. The maximum atomic E-state index is 11.8. The van der Waals surface area contributed by atoms with Gasteiger partial charge in [0.1, 0.15) is 10.4 Å². The third-order valence-electron chi connectivity index (χ3n) is 3.24. The zero-order chi connectivity index (χ0) is 17.0. The molecule has 0 aliphatic carbocycles. The van der Waals surface area contributed by atoms with Gasteiger partial charge < -0.3 is 9.87 Å². The molecule has 0 spiro atoms. The molecule has 0 saturated heterocycles. The summed E-state index contributed by atoms with van der Waals surface area (Å²) in [6, 6.07) is 7.36. The Morgan fingerprint density at radius 2 is 2.04 bits per heavy atom. The van der Waals surface area contributed by atoms with E-state index in [2.05, 4.69) is 15.6 Å². The normalized spacial score (nSPS) is 12.9. The first kappa shape index (κ1) is 17.6. The van der Waals surface area contributed by atoms with Crippen LogP contribution in [0.15, 0.2) is 30.5 Å². The van der Waals surface area contributed by atoms with Crippen LogP contribution in [0.1, 0.15) is 25.1 Å². The van der Waals surface area contributed by atoms with Crippen molar-refractivity contribution in [1.82, 2.24) is 20.3 Å². The third-order valence-corrected chi connectivity index (χ3v) is 4.51. The van der Waals surface area contributed by atoms with Gasteiger partial charge in [0.05, 0.1) is 19.3 Å². The lowest BCUT2D eigenvalue weighted by atomic mass is 10.2. The van der Waals surface area contributed by atoms with E-state index in [1.54, 1.807) is 23.0 Å². The van der Waals surface area contributed by atoms with Crippen LogP contribution in [0.25, 0.3) is 0 Å². The number of rotatable bonds is 6. The van der Waals surface area contributed by atoms with E-state index in [0.29, 0.717) is 17.3 Å². The van der Waals surface area contributed by atoms with Crippen molar-refractivity contribution >= 4 is 28.6 Å². The molecule has 23 heavy (non-hydrogen) atoms. The van der Waals surface area contributed by atoms with Gasteiger partial charge in [0.25, 0.3) is 0 Å². The molecule has 2 aromatic rings. The standard InChI is InChI=1S/C14H17ClN4O3S/c1-14(2,23(21)22)13(20)16-7-12-9-19(18-17-12)8-10-3-5-11(15)6-4-10/h3-6,9H,7-8H2,1-2H3,(H,16,20)(H,21,22)/p-1. The fraction of sp³-hybridized carbons (Fsp3) is 0.357. The first-order valence-electron chi connectivity index (χ1n) is 6.80. The van der Waals surface area contributed by atoms with E-state index in [1.807, 2.05) is 12.1 Å². The van der Waals surface area contributed by atoms with Gasteiger partial charge in [0.2, 0.25) is 5.91 Å². The molecule has 9 heteroatoms. The lowest BCUT2D eigenvalue weighted by molar-refractivity contribution is -0.123. The number of nitrogens with zero attached hydrogens (tertiary/aromatic N) is 3. The van der Waals surface area contributed by atoms with Crippen molar-refractivity contribution in [2.24, 2.45) is 0 Å². The molecule has 0 saturated carbocycles. The van der Waals surface area contributed by atoms with Crippen molar-refractivity contribution in [3.8, 4) is 0 Å². The number of nitrogens with one attached hydrogen (secondary N) is 1. The van der Waals surface area contributed by atoms with Crippen molar-refractivity contribution in [2.75, 3.05) is 0 Å². The molecular weight excluding hydrogens is 340 g/mol. The van der Waals surface area contributed by atoms with Crippen LogP contribution in [0.4, 0.5) is 0 Å². The van der Waals surface area contributed by atoms with Crippen molar-refractivity contribution in [2.45, 2.75) is 31.7 Å². The lowest BCUT2D eigenvalue weighted by Gasteiger charge is -2.25. The summed E-state index contributed by atoms with van der Waals surface area (Å²) in [5.74, 6) is -0.585. The molecule has 0 aliphatic rings. The molecule has 1 atom stereocenters. The second-order valence-electron chi connectivity index (χ2n) is 5.46. The highest BCUT2D eigenvalue weighted by atomic mass is 35.5. The summed E-state index contributed by atoms with van der Waals surface area (Å²) in [4.78, 5) is 11.8. The van der Waals surface area contributed by atoms with E-state index in [0.717, 1.165) is 5.56 Å². The molecule has 7 nitrogen and oxygen atoms in total. The maximum absolute atomic E-state index is 11.8. The summed E-state index contributed by atoms with van der Waals surface area (Å²) in [6.45, 7) is 3.31. The Kier molecular flexibility index (Phi) is 5.51. The number of amides is 1. The maximum Gasteiger partial charge on any atom is 0.237 e. The summed E-state index contributed by atoms with van der Waals surface area (Å²) in [5.41, 5.74) is 1.55. The van der Waals surface area contributed by atoms with Gasteiger partial charge in [-0.1, -0.05) is 28.9 Å². The molecule has 1 amide bonds. The van der Waals surface area contributed by atoms with Gasteiger partial charge in [-0.15, -0.1) is 5.10 Å². The fourth-order valence-corrected chi connectivity index (χ4v) is 2.08. The zero-order valence-corrected chi connectivity index (χ0v) is 14.2. The van der Waals surface area contributed by atoms with E-state index in [-0.39, 0.29) is 6.54 Å². The largest absolute Gasteiger partial charge is 0.772 e. The Hall–Kier alpha value is -1.77. The van der Waals surface area contributed by atoms with Crippen LogP contribution in [-0.2, 0) is 29.0 Å². The second-order valence-corrected chi connectivity index (χ2v) is 7.39. The average molecular weight is 356 g/mol. The van der Waals surface area contributed by atoms with E-state index >= 15 is 0 Å². The topological polar surface area (TPSA) is 99.9 Å². The van der Waals surface area contributed by atoms with Gasteiger partial charge in [-0.25, -0.2) is 4.68 Å². The van der Waals surface area contributed by atoms with Crippen LogP contribution in [0.2, 0.25) is 5.02 Å². The number of carbonyl (C=O) groups is 1. The monoisotopic (exact) mass is 355 g/mol. The van der Waals surface area contributed by atoms with Crippen LogP contribution >= 0.6 is 11.6 Å². The second kappa shape index (κ2) is 7.20. The van der Waals surface area contributed by atoms with E-state index in [4.69, 9.17) is 11.6 Å². The zero-order valence-electron chi connectivity index (χ0n) is 12.7. The van der Waals surface area contributed by atoms with E-state index in [9.17, 15) is 13.6 Å². The predicted octanol–water partition coefficient (Wildman–Crippen LogP) is 1.25. The Morgan fingerprint density at radius 3 is 2.65 bits per heavy atom. The lowest BCUT2D eigenvalue weighted by Crippen LogP contribution is -2.45. The fourth-order valence-electron chi connectivity index (χ4n) is 1.73. The van der Waals surface area contributed by atoms with Gasteiger partial charge in [0, 0.05) is 5.02 Å². The average Bonchev–Trinajstić information content (AvgIpc) is 2.94. The van der Waals surface area contributed by atoms with Gasteiger partial charge in [-0.3, -0.25) is 9.00 Å². The molecule has 0 radical (unpaired) electrons. The minimum atomic E-state index is -2.50. The van der Waals surface area contributed by atoms with Gasteiger partial charge >= 0.3 is 0 Å². The Balaban J connectivity index is 1.93. The number of hydrogen-bond acceptors (Lipinski definition) is 5. The quantitative estimate of drug-likeness (QED) is 0.786. The molecule has 0 bridgehead atoms. The minimum absolute atomic E-state index is 0.111. The van der Waals surface area contributed by atoms with Crippen molar-refractivity contribution in [3.63, 3.8) is 0 Å². The Bertz CT molecular complexity index is 715.